The van der Waals surface area contributed by atoms with Gasteiger partial charge in [0.1, 0.15) is 0 Å². The standard InChI is InChI=1S/C13H28F2O3Si/c1-4-5-6-7-8-10-13(14,15)18-19(3,17-2)12-9-11-16/h16H,4-12H2,1-3H3. The number of alkyl halides is 2. The summed E-state index contributed by atoms with van der Waals surface area (Å²) in [6.45, 7) is 3.68. The summed E-state index contributed by atoms with van der Waals surface area (Å²) in [5, 5.41) is 8.77. The maximum atomic E-state index is 13.7. The first-order valence-electron chi connectivity index (χ1n) is 7.13. The summed E-state index contributed by atoms with van der Waals surface area (Å²) >= 11 is 0. The van der Waals surface area contributed by atoms with Crippen LogP contribution in [0.5, 0.6) is 0 Å². The Labute approximate surface area is 116 Å². The predicted octanol–water partition coefficient (Wildman–Crippen LogP) is 4.06. The molecule has 0 aliphatic heterocycles. The van der Waals surface area contributed by atoms with E-state index in [2.05, 4.69) is 6.92 Å². The first kappa shape index (κ1) is 19.0. The van der Waals surface area contributed by atoms with Gasteiger partial charge in [-0.2, -0.15) is 8.78 Å². The highest BCUT2D eigenvalue weighted by Gasteiger charge is 2.42. The highest BCUT2D eigenvalue weighted by molar-refractivity contribution is 6.66. The van der Waals surface area contributed by atoms with Crippen molar-refractivity contribution in [3.8, 4) is 0 Å². The fourth-order valence-electron chi connectivity index (χ4n) is 1.90. The lowest BCUT2D eigenvalue weighted by atomic mass is 10.1. The van der Waals surface area contributed by atoms with Gasteiger partial charge in [-0.1, -0.05) is 32.6 Å². The molecule has 0 rings (SSSR count). The van der Waals surface area contributed by atoms with E-state index in [0.29, 0.717) is 18.9 Å². The van der Waals surface area contributed by atoms with Gasteiger partial charge in [0.15, 0.2) is 0 Å². The van der Waals surface area contributed by atoms with E-state index in [1.54, 1.807) is 6.55 Å². The molecule has 0 spiro atoms. The van der Waals surface area contributed by atoms with Crippen LogP contribution in [0.25, 0.3) is 0 Å². The van der Waals surface area contributed by atoms with Crippen molar-refractivity contribution in [2.24, 2.45) is 0 Å². The van der Waals surface area contributed by atoms with Crippen LogP contribution in [0, 0.1) is 0 Å². The van der Waals surface area contributed by atoms with Crippen LogP contribution in [0.1, 0.15) is 51.9 Å². The van der Waals surface area contributed by atoms with Crippen molar-refractivity contribution in [2.75, 3.05) is 13.7 Å². The molecular weight excluding hydrogens is 270 g/mol. The monoisotopic (exact) mass is 298 g/mol. The van der Waals surface area contributed by atoms with Crippen molar-refractivity contribution < 1.29 is 22.7 Å². The van der Waals surface area contributed by atoms with E-state index in [1.807, 2.05) is 0 Å². The molecule has 0 saturated carbocycles. The van der Waals surface area contributed by atoms with E-state index in [1.165, 1.54) is 7.11 Å². The molecule has 0 fully saturated rings. The number of aliphatic hydroxyl groups is 1. The lowest BCUT2D eigenvalue weighted by molar-refractivity contribution is -0.198. The van der Waals surface area contributed by atoms with E-state index in [9.17, 15) is 8.78 Å². The van der Waals surface area contributed by atoms with Crippen LogP contribution in [0.3, 0.4) is 0 Å². The van der Waals surface area contributed by atoms with Crippen molar-refractivity contribution in [3.63, 3.8) is 0 Å². The first-order valence-corrected chi connectivity index (χ1v) is 9.65. The average Bonchev–Trinajstić information content (AvgIpc) is 2.35. The SMILES string of the molecule is CCCCCCCC(F)(F)O[Si](C)(CCCO)OC. The molecule has 1 N–H and O–H groups in total. The molecular formula is C13H28F2O3Si. The van der Waals surface area contributed by atoms with Crippen LogP contribution >= 0.6 is 0 Å². The van der Waals surface area contributed by atoms with Gasteiger partial charge in [0.2, 0.25) is 0 Å². The smallest absolute Gasteiger partial charge is 0.348 e. The normalized spacial score (nSPS) is 15.5. The zero-order valence-corrected chi connectivity index (χ0v) is 13.4. The van der Waals surface area contributed by atoms with Gasteiger partial charge in [-0.3, -0.25) is 0 Å². The molecule has 6 heteroatoms. The third-order valence-corrected chi connectivity index (χ3v) is 6.01. The fraction of sp³-hybridized carbons (Fsp3) is 1.00. The van der Waals surface area contributed by atoms with Crippen LogP contribution in [0.15, 0.2) is 0 Å². The highest BCUT2D eigenvalue weighted by Crippen LogP contribution is 2.30. The number of hydrogen-bond acceptors (Lipinski definition) is 3. The van der Waals surface area contributed by atoms with Crippen molar-refractivity contribution >= 4 is 8.56 Å². The molecule has 0 aromatic heterocycles. The largest absolute Gasteiger partial charge is 0.398 e. The van der Waals surface area contributed by atoms with Gasteiger partial charge >= 0.3 is 14.7 Å². The second-order valence-electron chi connectivity index (χ2n) is 5.07. The van der Waals surface area contributed by atoms with Crippen molar-refractivity contribution in [3.05, 3.63) is 0 Å². The second kappa shape index (κ2) is 9.80. The van der Waals surface area contributed by atoms with E-state index in [-0.39, 0.29) is 13.0 Å². The van der Waals surface area contributed by atoms with E-state index in [0.717, 1.165) is 25.7 Å². The van der Waals surface area contributed by atoms with Crippen LogP contribution in [-0.2, 0) is 8.85 Å². The van der Waals surface area contributed by atoms with Crippen LogP contribution in [0.4, 0.5) is 8.78 Å². The van der Waals surface area contributed by atoms with Gasteiger partial charge in [0.05, 0.1) is 0 Å². The van der Waals surface area contributed by atoms with E-state index < -0.39 is 14.7 Å². The Hall–Kier alpha value is -0.0431. The Kier molecular flexibility index (Phi) is 9.77. The van der Waals surface area contributed by atoms with Gasteiger partial charge < -0.3 is 14.0 Å². The fourth-order valence-corrected chi connectivity index (χ4v) is 3.82. The van der Waals surface area contributed by atoms with Gasteiger partial charge in [-0.25, -0.2) is 0 Å². The molecule has 0 radical (unpaired) electrons. The summed E-state index contributed by atoms with van der Waals surface area (Å²) in [4.78, 5) is 0. The molecule has 0 aromatic rings. The van der Waals surface area contributed by atoms with Gasteiger partial charge in [0, 0.05) is 20.1 Å². The zero-order valence-electron chi connectivity index (χ0n) is 12.4. The van der Waals surface area contributed by atoms with Crippen molar-refractivity contribution in [1.29, 1.82) is 0 Å². The second-order valence-corrected chi connectivity index (χ2v) is 8.45. The number of rotatable bonds is 12. The summed E-state index contributed by atoms with van der Waals surface area (Å²) in [5.41, 5.74) is 0. The minimum Gasteiger partial charge on any atom is -0.398 e. The number of halogens is 2. The average molecular weight is 298 g/mol. The minimum absolute atomic E-state index is 0.0299. The molecule has 1 atom stereocenters. The van der Waals surface area contributed by atoms with Crippen LogP contribution in [0.2, 0.25) is 12.6 Å². The Morgan fingerprint density at radius 2 is 1.74 bits per heavy atom. The Morgan fingerprint density at radius 1 is 1.11 bits per heavy atom. The summed E-state index contributed by atoms with van der Waals surface area (Å²) in [6, 6.07) is 0.380. The third kappa shape index (κ3) is 9.48. The predicted molar refractivity (Wildman–Crippen MR) is 74.5 cm³/mol. The first-order chi connectivity index (χ1) is 8.89. The molecule has 0 aliphatic carbocycles. The number of hydrogen-bond donors (Lipinski definition) is 1. The Balaban J connectivity index is 4.08. The molecule has 0 heterocycles. The molecule has 3 nitrogen and oxygen atoms in total. The summed E-state index contributed by atoms with van der Waals surface area (Å²) < 4.78 is 37.5. The van der Waals surface area contributed by atoms with Crippen LogP contribution < -0.4 is 0 Å². The maximum absolute atomic E-state index is 13.7. The zero-order chi connectivity index (χ0) is 14.8. The molecule has 1 unspecified atom stereocenters. The summed E-state index contributed by atoms with van der Waals surface area (Å²) in [7, 11) is -1.46. The van der Waals surface area contributed by atoms with Crippen molar-refractivity contribution in [1.82, 2.24) is 0 Å². The Morgan fingerprint density at radius 3 is 2.26 bits per heavy atom. The molecule has 0 bridgehead atoms. The van der Waals surface area contributed by atoms with E-state index in [4.69, 9.17) is 14.0 Å². The van der Waals surface area contributed by atoms with E-state index >= 15 is 0 Å². The minimum atomic E-state index is -3.11. The quantitative estimate of drug-likeness (QED) is 0.436. The third-order valence-electron chi connectivity index (χ3n) is 3.16. The molecule has 0 amide bonds. The molecule has 19 heavy (non-hydrogen) atoms. The highest BCUT2D eigenvalue weighted by atomic mass is 28.4. The summed E-state index contributed by atoms with van der Waals surface area (Å²) in [6.07, 6.45) is 1.55. The topological polar surface area (TPSA) is 38.7 Å². The maximum Gasteiger partial charge on any atom is 0.348 e. The molecule has 116 valence electrons. The molecule has 0 aliphatic rings. The van der Waals surface area contributed by atoms with Crippen molar-refractivity contribution in [2.45, 2.75) is 70.6 Å². The van der Waals surface area contributed by atoms with Gasteiger partial charge in [-0.15, -0.1) is 0 Å². The van der Waals surface area contributed by atoms with Crippen LogP contribution in [-0.4, -0.2) is 33.5 Å². The molecule has 0 saturated heterocycles. The lowest BCUT2D eigenvalue weighted by Crippen LogP contribution is -2.44. The molecule has 0 aromatic carbocycles. The van der Waals surface area contributed by atoms with Gasteiger partial charge in [0.25, 0.3) is 0 Å². The Bertz CT molecular complexity index is 230. The number of aliphatic hydroxyl groups excluding tert-OH is 1. The summed E-state index contributed by atoms with van der Waals surface area (Å²) in [5.74, 6) is 0. The number of unbranched alkanes of at least 4 members (excludes halogenated alkanes) is 4. The van der Waals surface area contributed by atoms with Gasteiger partial charge in [-0.05, 0) is 25.4 Å². The lowest BCUT2D eigenvalue weighted by Gasteiger charge is -2.30.